The number of nitrogens with one attached hydrogen (secondary N) is 1. The zero-order valence-electron chi connectivity index (χ0n) is 8.89. The molecule has 0 bridgehead atoms. The van der Waals surface area contributed by atoms with E-state index < -0.39 is 0 Å². The third kappa shape index (κ3) is 1.29. The second-order valence-corrected chi connectivity index (χ2v) is 4.49. The van der Waals surface area contributed by atoms with E-state index in [9.17, 15) is 4.39 Å². The highest BCUT2D eigenvalue weighted by molar-refractivity contribution is 5.74. The van der Waals surface area contributed by atoms with Crippen LogP contribution in [0.4, 0.5) is 15.8 Å². The quantitative estimate of drug-likeness (QED) is 0.701. The van der Waals surface area contributed by atoms with Crippen LogP contribution in [-0.4, -0.2) is 19.1 Å². The Bertz CT molecular complexity index is 403. The molecule has 1 aromatic rings. The Kier molecular flexibility index (Phi) is 1.87. The predicted octanol–water partition coefficient (Wildman–Crippen LogP) is 2.53. The van der Waals surface area contributed by atoms with Gasteiger partial charge in [0.1, 0.15) is 5.82 Å². The number of nitrogens with zero attached hydrogens (tertiary/aromatic N) is 1. The fourth-order valence-electron chi connectivity index (χ4n) is 2.64. The Morgan fingerprint density at radius 1 is 1.47 bits per heavy atom. The van der Waals surface area contributed by atoms with Crippen LogP contribution >= 0.6 is 0 Å². The zero-order chi connectivity index (χ0) is 10.4. The summed E-state index contributed by atoms with van der Waals surface area (Å²) < 4.78 is 13.4. The molecule has 1 atom stereocenters. The fourth-order valence-corrected chi connectivity index (χ4v) is 2.64. The first-order valence-electron chi connectivity index (χ1n) is 5.56. The molecule has 0 aromatic heterocycles. The molecule has 0 saturated carbocycles. The minimum atomic E-state index is -0.112. The van der Waals surface area contributed by atoms with Crippen molar-refractivity contribution >= 4 is 11.4 Å². The first kappa shape index (κ1) is 9.01. The van der Waals surface area contributed by atoms with E-state index in [4.69, 9.17) is 0 Å². The standard InChI is InChI=1S/C12H15FN2/c1-8-5-12-11(6-10(8)13)14-7-9-3-2-4-15(9)12/h5-6,9,14H,2-4,7H2,1H3. The van der Waals surface area contributed by atoms with Crippen LogP contribution in [0.5, 0.6) is 0 Å². The molecule has 2 nitrogen and oxygen atoms in total. The molecule has 2 aliphatic rings. The maximum Gasteiger partial charge on any atom is 0.128 e. The maximum atomic E-state index is 13.4. The Morgan fingerprint density at radius 2 is 2.33 bits per heavy atom. The number of anilines is 2. The smallest absolute Gasteiger partial charge is 0.128 e. The van der Waals surface area contributed by atoms with Gasteiger partial charge in [-0.2, -0.15) is 0 Å². The van der Waals surface area contributed by atoms with E-state index >= 15 is 0 Å². The second kappa shape index (κ2) is 3.12. The van der Waals surface area contributed by atoms with Gasteiger partial charge in [0.2, 0.25) is 0 Å². The van der Waals surface area contributed by atoms with E-state index in [2.05, 4.69) is 10.2 Å². The molecule has 3 rings (SSSR count). The number of rotatable bonds is 0. The SMILES string of the molecule is Cc1cc2c(cc1F)NCC1CCCN21. The molecule has 2 heterocycles. The molecular weight excluding hydrogens is 191 g/mol. The van der Waals surface area contributed by atoms with Crippen LogP contribution in [0, 0.1) is 12.7 Å². The lowest BCUT2D eigenvalue weighted by Crippen LogP contribution is -2.39. The molecule has 15 heavy (non-hydrogen) atoms. The van der Waals surface area contributed by atoms with Gasteiger partial charge < -0.3 is 10.2 Å². The molecule has 2 aliphatic heterocycles. The van der Waals surface area contributed by atoms with Gasteiger partial charge in [0, 0.05) is 19.1 Å². The molecule has 0 amide bonds. The molecule has 0 aliphatic carbocycles. The van der Waals surface area contributed by atoms with Crippen LogP contribution in [0.15, 0.2) is 12.1 Å². The number of halogens is 1. The largest absolute Gasteiger partial charge is 0.381 e. The molecular formula is C12H15FN2. The first-order valence-corrected chi connectivity index (χ1v) is 5.56. The average molecular weight is 206 g/mol. The number of benzene rings is 1. The van der Waals surface area contributed by atoms with Crippen molar-refractivity contribution < 1.29 is 4.39 Å². The van der Waals surface area contributed by atoms with E-state index in [0.29, 0.717) is 6.04 Å². The van der Waals surface area contributed by atoms with Gasteiger partial charge in [-0.15, -0.1) is 0 Å². The molecule has 3 heteroatoms. The Morgan fingerprint density at radius 3 is 3.20 bits per heavy atom. The van der Waals surface area contributed by atoms with Gasteiger partial charge >= 0.3 is 0 Å². The molecule has 1 aromatic carbocycles. The molecule has 1 N–H and O–H groups in total. The molecule has 0 radical (unpaired) electrons. The highest BCUT2D eigenvalue weighted by Gasteiger charge is 2.30. The highest BCUT2D eigenvalue weighted by Crippen LogP contribution is 2.37. The molecule has 80 valence electrons. The van der Waals surface area contributed by atoms with Crippen molar-refractivity contribution in [3.8, 4) is 0 Å². The highest BCUT2D eigenvalue weighted by atomic mass is 19.1. The van der Waals surface area contributed by atoms with Crippen LogP contribution < -0.4 is 10.2 Å². The number of hydrogen-bond donors (Lipinski definition) is 1. The number of fused-ring (bicyclic) bond motifs is 3. The monoisotopic (exact) mass is 206 g/mol. The van der Waals surface area contributed by atoms with Crippen molar-refractivity contribution in [1.82, 2.24) is 0 Å². The van der Waals surface area contributed by atoms with Crippen LogP contribution in [0.2, 0.25) is 0 Å². The van der Waals surface area contributed by atoms with Crippen LogP contribution in [0.25, 0.3) is 0 Å². The van der Waals surface area contributed by atoms with E-state index in [1.807, 2.05) is 13.0 Å². The van der Waals surface area contributed by atoms with E-state index in [0.717, 1.165) is 24.3 Å². The van der Waals surface area contributed by atoms with Gasteiger partial charge in [-0.25, -0.2) is 4.39 Å². The van der Waals surface area contributed by atoms with Crippen molar-refractivity contribution in [2.75, 3.05) is 23.3 Å². The first-order chi connectivity index (χ1) is 7.25. The van der Waals surface area contributed by atoms with E-state index in [-0.39, 0.29) is 5.82 Å². The summed E-state index contributed by atoms with van der Waals surface area (Å²) in [5, 5.41) is 3.32. The van der Waals surface area contributed by atoms with E-state index in [1.165, 1.54) is 18.5 Å². The van der Waals surface area contributed by atoms with Crippen LogP contribution in [0.3, 0.4) is 0 Å². The van der Waals surface area contributed by atoms with Crippen LogP contribution in [0.1, 0.15) is 18.4 Å². The molecule has 1 unspecified atom stereocenters. The Hall–Kier alpha value is -1.25. The van der Waals surface area contributed by atoms with Gasteiger partial charge in [0.05, 0.1) is 11.4 Å². The summed E-state index contributed by atoms with van der Waals surface area (Å²) in [5.74, 6) is -0.112. The van der Waals surface area contributed by atoms with Crippen molar-refractivity contribution in [2.24, 2.45) is 0 Å². The van der Waals surface area contributed by atoms with Gasteiger partial charge in [-0.05, 0) is 37.5 Å². The molecule has 1 fully saturated rings. The lowest BCUT2D eigenvalue weighted by Gasteiger charge is -2.34. The second-order valence-electron chi connectivity index (χ2n) is 4.49. The van der Waals surface area contributed by atoms with Crippen molar-refractivity contribution in [3.05, 3.63) is 23.5 Å². The van der Waals surface area contributed by atoms with Crippen LogP contribution in [-0.2, 0) is 0 Å². The number of hydrogen-bond acceptors (Lipinski definition) is 2. The maximum absolute atomic E-state index is 13.4. The Balaban J connectivity index is 2.09. The summed E-state index contributed by atoms with van der Waals surface area (Å²) in [4.78, 5) is 2.41. The number of aryl methyl sites for hydroxylation is 1. The minimum Gasteiger partial charge on any atom is -0.381 e. The summed E-state index contributed by atoms with van der Waals surface area (Å²) in [6, 6.07) is 4.20. The Labute approximate surface area is 89.1 Å². The predicted molar refractivity (Wildman–Crippen MR) is 60.0 cm³/mol. The average Bonchev–Trinajstić information content (AvgIpc) is 2.68. The third-order valence-corrected chi connectivity index (χ3v) is 3.49. The summed E-state index contributed by atoms with van der Waals surface area (Å²) in [6.45, 7) is 3.90. The van der Waals surface area contributed by atoms with Crippen molar-refractivity contribution in [2.45, 2.75) is 25.8 Å². The van der Waals surface area contributed by atoms with Gasteiger partial charge in [0.15, 0.2) is 0 Å². The molecule has 1 saturated heterocycles. The summed E-state index contributed by atoms with van der Waals surface area (Å²) in [7, 11) is 0. The molecule has 0 spiro atoms. The fraction of sp³-hybridized carbons (Fsp3) is 0.500. The topological polar surface area (TPSA) is 15.3 Å². The van der Waals surface area contributed by atoms with Gasteiger partial charge in [-0.3, -0.25) is 0 Å². The third-order valence-electron chi connectivity index (χ3n) is 3.49. The zero-order valence-corrected chi connectivity index (χ0v) is 8.89. The lowest BCUT2D eigenvalue weighted by molar-refractivity contribution is 0.615. The summed E-state index contributed by atoms with van der Waals surface area (Å²) >= 11 is 0. The van der Waals surface area contributed by atoms with Crippen molar-refractivity contribution in [1.29, 1.82) is 0 Å². The van der Waals surface area contributed by atoms with Crippen molar-refractivity contribution in [3.63, 3.8) is 0 Å². The van der Waals surface area contributed by atoms with Gasteiger partial charge in [-0.1, -0.05) is 0 Å². The lowest BCUT2D eigenvalue weighted by atomic mass is 10.1. The summed E-state index contributed by atoms with van der Waals surface area (Å²) in [5.41, 5.74) is 2.88. The normalized spacial score (nSPS) is 23.3. The summed E-state index contributed by atoms with van der Waals surface area (Å²) in [6.07, 6.45) is 2.51. The minimum absolute atomic E-state index is 0.112. The van der Waals surface area contributed by atoms with Gasteiger partial charge in [0.25, 0.3) is 0 Å². The van der Waals surface area contributed by atoms with E-state index in [1.54, 1.807) is 6.07 Å².